The average Bonchev–Trinajstić information content (AvgIpc) is 2.28. The number of aryl methyl sites for hydroxylation is 2. The molecule has 1 N–H and O–H groups in total. The quantitative estimate of drug-likeness (QED) is 0.880. The van der Waals surface area contributed by atoms with Gasteiger partial charge in [-0.05, 0) is 37.1 Å². The van der Waals surface area contributed by atoms with E-state index in [-0.39, 0.29) is 12.5 Å². The van der Waals surface area contributed by atoms with Crippen molar-refractivity contribution >= 4 is 21.6 Å². The number of anilines is 1. The molecule has 0 aromatic heterocycles. The number of carbonyl (C=O) groups excluding carboxylic acids is 1. The lowest BCUT2D eigenvalue weighted by Gasteiger charge is -2.22. The van der Waals surface area contributed by atoms with Crippen LogP contribution in [0.15, 0.2) is 18.2 Å². The summed E-state index contributed by atoms with van der Waals surface area (Å²) in [5, 5.41) is 2.42. The van der Waals surface area contributed by atoms with Gasteiger partial charge in [0, 0.05) is 7.05 Å². The Bertz CT molecular complexity index is 552. The highest BCUT2D eigenvalue weighted by Crippen LogP contribution is 2.20. The van der Waals surface area contributed by atoms with Crippen LogP contribution in [0.5, 0.6) is 0 Å². The molecular formula is C12H18N2O3S. The van der Waals surface area contributed by atoms with Gasteiger partial charge in [0.2, 0.25) is 15.9 Å². The summed E-state index contributed by atoms with van der Waals surface area (Å²) < 4.78 is 24.5. The first-order valence-corrected chi connectivity index (χ1v) is 7.36. The highest BCUT2D eigenvalue weighted by molar-refractivity contribution is 7.92. The molecule has 0 heterocycles. The van der Waals surface area contributed by atoms with E-state index < -0.39 is 10.0 Å². The number of carbonyl (C=O) groups is 1. The third-order valence-corrected chi connectivity index (χ3v) is 3.89. The molecule has 100 valence electrons. The first-order chi connectivity index (χ1) is 8.25. The van der Waals surface area contributed by atoms with E-state index in [2.05, 4.69) is 5.32 Å². The molecule has 5 nitrogen and oxygen atoms in total. The summed E-state index contributed by atoms with van der Waals surface area (Å²) >= 11 is 0. The van der Waals surface area contributed by atoms with E-state index in [0.29, 0.717) is 5.69 Å². The number of hydrogen-bond donors (Lipinski definition) is 1. The summed E-state index contributed by atoms with van der Waals surface area (Å²) in [5.74, 6) is -0.348. The van der Waals surface area contributed by atoms with Crippen LogP contribution in [-0.2, 0) is 14.8 Å². The van der Waals surface area contributed by atoms with Crippen LogP contribution < -0.4 is 9.62 Å². The van der Waals surface area contributed by atoms with Crippen LogP contribution in [0.25, 0.3) is 0 Å². The van der Waals surface area contributed by atoms with Gasteiger partial charge in [-0.15, -0.1) is 0 Å². The Morgan fingerprint density at radius 1 is 1.28 bits per heavy atom. The Kier molecular flexibility index (Phi) is 4.34. The van der Waals surface area contributed by atoms with Gasteiger partial charge >= 0.3 is 0 Å². The van der Waals surface area contributed by atoms with Crippen LogP contribution in [0, 0.1) is 13.8 Å². The second-order valence-electron chi connectivity index (χ2n) is 4.21. The number of likely N-dealkylation sites (N-methyl/N-ethyl adjacent to an activating group) is 1. The normalized spacial score (nSPS) is 11.1. The summed E-state index contributed by atoms with van der Waals surface area (Å²) in [4.78, 5) is 11.4. The zero-order valence-corrected chi connectivity index (χ0v) is 11.8. The number of benzene rings is 1. The molecule has 0 saturated heterocycles. The second-order valence-corrected chi connectivity index (χ2v) is 6.12. The van der Waals surface area contributed by atoms with Gasteiger partial charge in [0.05, 0.1) is 11.9 Å². The first-order valence-electron chi connectivity index (χ1n) is 5.51. The molecule has 0 bridgehead atoms. The van der Waals surface area contributed by atoms with Crippen molar-refractivity contribution in [1.82, 2.24) is 5.32 Å². The van der Waals surface area contributed by atoms with Crippen molar-refractivity contribution in [3.63, 3.8) is 0 Å². The molecule has 0 radical (unpaired) electrons. The highest BCUT2D eigenvalue weighted by Gasteiger charge is 2.20. The molecule has 0 spiro atoms. The van der Waals surface area contributed by atoms with Gasteiger partial charge < -0.3 is 5.32 Å². The predicted molar refractivity (Wildman–Crippen MR) is 72.2 cm³/mol. The number of sulfonamides is 1. The van der Waals surface area contributed by atoms with E-state index in [1.807, 2.05) is 19.9 Å². The standard InChI is InChI=1S/C12H18N2O3S/c1-9-5-6-11(7-10(9)2)14(18(4,16)17)8-12(15)13-3/h5-7H,8H2,1-4H3,(H,13,15). The van der Waals surface area contributed by atoms with E-state index in [0.717, 1.165) is 21.7 Å². The maximum absolute atomic E-state index is 11.7. The number of nitrogens with one attached hydrogen (secondary N) is 1. The molecular weight excluding hydrogens is 252 g/mol. The van der Waals surface area contributed by atoms with E-state index >= 15 is 0 Å². The molecule has 0 fully saturated rings. The van der Waals surface area contributed by atoms with Gasteiger partial charge in [0.25, 0.3) is 0 Å². The molecule has 0 aliphatic heterocycles. The van der Waals surface area contributed by atoms with Crippen LogP contribution >= 0.6 is 0 Å². The van der Waals surface area contributed by atoms with Gasteiger partial charge in [0.1, 0.15) is 6.54 Å². The fraction of sp³-hybridized carbons (Fsp3) is 0.417. The molecule has 0 aliphatic carbocycles. The molecule has 0 aliphatic rings. The second kappa shape index (κ2) is 5.39. The monoisotopic (exact) mass is 270 g/mol. The largest absolute Gasteiger partial charge is 0.358 e. The van der Waals surface area contributed by atoms with Crippen LogP contribution in [0.3, 0.4) is 0 Å². The molecule has 1 aromatic rings. The van der Waals surface area contributed by atoms with Crippen molar-refractivity contribution in [2.75, 3.05) is 24.2 Å². The topological polar surface area (TPSA) is 66.5 Å². The lowest BCUT2D eigenvalue weighted by atomic mass is 10.1. The lowest BCUT2D eigenvalue weighted by Crippen LogP contribution is -2.39. The SMILES string of the molecule is CNC(=O)CN(c1ccc(C)c(C)c1)S(C)(=O)=O. The molecule has 1 aromatic carbocycles. The van der Waals surface area contributed by atoms with Crippen LogP contribution in [0.1, 0.15) is 11.1 Å². The minimum Gasteiger partial charge on any atom is -0.358 e. The Balaban J connectivity index is 3.18. The lowest BCUT2D eigenvalue weighted by molar-refractivity contribution is -0.119. The average molecular weight is 270 g/mol. The molecule has 0 unspecified atom stereocenters. The smallest absolute Gasteiger partial charge is 0.240 e. The van der Waals surface area contributed by atoms with Gasteiger partial charge in [-0.2, -0.15) is 0 Å². The number of hydrogen-bond acceptors (Lipinski definition) is 3. The molecule has 1 amide bonds. The van der Waals surface area contributed by atoms with E-state index in [9.17, 15) is 13.2 Å². The van der Waals surface area contributed by atoms with Crippen LogP contribution in [-0.4, -0.2) is 34.2 Å². The molecule has 0 atom stereocenters. The van der Waals surface area contributed by atoms with Crippen molar-refractivity contribution in [2.24, 2.45) is 0 Å². The maximum Gasteiger partial charge on any atom is 0.240 e. The van der Waals surface area contributed by atoms with Crippen LogP contribution in [0.2, 0.25) is 0 Å². The van der Waals surface area contributed by atoms with Crippen molar-refractivity contribution in [3.05, 3.63) is 29.3 Å². The summed E-state index contributed by atoms with van der Waals surface area (Å²) in [6.07, 6.45) is 1.09. The summed E-state index contributed by atoms with van der Waals surface area (Å²) in [6.45, 7) is 3.64. The summed E-state index contributed by atoms with van der Waals surface area (Å²) in [5.41, 5.74) is 2.56. The predicted octanol–water partition coefficient (Wildman–Crippen LogP) is 0.815. The van der Waals surface area contributed by atoms with E-state index in [1.54, 1.807) is 12.1 Å². The van der Waals surface area contributed by atoms with Crippen LogP contribution in [0.4, 0.5) is 5.69 Å². The first kappa shape index (κ1) is 14.5. The number of amides is 1. The molecule has 6 heteroatoms. The highest BCUT2D eigenvalue weighted by atomic mass is 32.2. The van der Waals surface area contributed by atoms with Crippen molar-refractivity contribution in [1.29, 1.82) is 0 Å². The Morgan fingerprint density at radius 3 is 2.33 bits per heavy atom. The zero-order chi connectivity index (χ0) is 13.9. The van der Waals surface area contributed by atoms with Crippen molar-refractivity contribution < 1.29 is 13.2 Å². The van der Waals surface area contributed by atoms with Gasteiger partial charge in [0.15, 0.2) is 0 Å². The third kappa shape index (κ3) is 3.46. The van der Waals surface area contributed by atoms with Gasteiger partial charge in [-0.1, -0.05) is 6.07 Å². The van der Waals surface area contributed by atoms with Crippen molar-refractivity contribution in [2.45, 2.75) is 13.8 Å². The Morgan fingerprint density at radius 2 is 1.89 bits per heavy atom. The number of rotatable bonds is 4. The molecule has 0 saturated carbocycles. The van der Waals surface area contributed by atoms with E-state index in [1.165, 1.54) is 7.05 Å². The fourth-order valence-corrected chi connectivity index (χ4v) is 2.34. The summed E-state index contributed by atoms with van der Waals surface area (Å²) in [6, 6.07) is 5.30. The summed E-state index contributed by atoms with van der Waals surface area (Å²) in [7, 11) is -2.00. The van der Waals surface area contributed by atoms with Gasteiger partial charge in [-0.3, -0.25) is 9.10 Å². The fourth-order valence-electron chi connectivity index (χ4n) is 1.49. The van der Waals surface area contributed by atoms with Gasteiger partial charge in [-0.25, -0.2) is 8.42 Å². The molecule has 18 heavy (non-hydrogen) atoms. The van der Waals surface area contributed by atoms with Crippen molar-refractivity contribution in [3.8, 4) is 0 Å². The Hall–Kier alpha value is -1.56. The number of nitrogens with zero attached hydrogens (tertiary/aromatic N) is 1. The maximum atomic E-state index is 11.7. The third-order valence-electron chi connectivity index (χ3n) is 2.74. The minimum atomic E-state index is -3.48. The van der Waals surface area contributed by atoms with E-state index in [4.69, 9.17) is 0 Å². The molecule has 1 rings (SSSR count). The minimum absolute atomic E-state index is 0.210. The Labute approximate surface area is 108 Å². The zero-order valence-electron chi connectivity index (χ0n) is 11.0.